The molecule has 150 valence electrons. The fraction of sp³-hybridized carbons (Fsp3) is 0.130. The Kier molecular flexibility index (Phi) is 5.89. The van der Waals surface area contributed by atoms with Crippen molar-refractivity contribution < 1.29 is 9.13 Å². The van der Waals surface area contributed by atoms with Gasteiger partial charge in [-0.05, 0) is 53.9 Å². The average molecular weight is 402 g/mol. The van der Waals surface area contributed by atoms with E-state index in [1.807, 2.05) is 35.0 Å². The van der Waals surface area contributed by atoms with Crippen LogP contribution in [0.15, 0.2) is 84.6 Å². The normalized spacial score (nSPS) is 10.7. The number of benzene rings is 2. The molecule has 0 aliphatic heterocycles. The molecule has 2 aromatic carbocycles. The maximum atomic E-state index is 13.0. The minimum absolute atomic E-state index is 0.239. The highest BCUT2D eigenvalue weighted by Gasteiger charge is 2.05. The van der Waals surface area contributed by atoms with Gasteiger partial charge in [0.2, 0.25) is 0 Å². The fourth-order valence-corrected chi connectivity index (χ4v) is 3.00. The van der Waals surface area contributed by atoms with Gasteiger partial charge >= 0.3 is 0 Å². The maximum absolute atomic E-state index is 13.0. The van der Waals surface area contributed by atoms with E-state index in [-0.39, 0.29) is 11.4 Å². The van der Waals surface area contributed by atoms with Crippen LogP contribution < -0.4 is 10.3 Å². The summed E-state index contributed by atoms with van der Waals surface area (Å²) in [4.78, 5) is 24.0. The van der Waals surface area contributed by atoms with Crippen molar-refractivity contribution >= 4 is 0 Å². The molecule has 0 radical (unpaired) electrons. The molecule has 6 nitrogen and oxygen atoms in total. The van der Waals surface area contributed by atoms with Crippen molar-refractivity contribution in [1.82, 2.24) is 19.5 Å². The first-order chi connectivity index (χ1) is 14.7. The third-order valence-corrected chi connectivity index (χ3v) is 4.56. The lowest BCUT2D eigenvalue weighted by Crippen LogP contribution is -2.17. The summed E-state index contributed by atoms with van der Waals surface area (Å²) in [7, 11) is 0. The molecule has 0 amide bonds. The van der Waals surface area contributed by atoms with Crippen LogP contribution in [0.5, 0.6) is 11.5 Å². The third kappa shape index (κ3) is 5.14. The van der Waals surface area contributed by atoms with Gasteiger partial charge in [0, 0.05) is 37.1 Å². The molecule has 0 spiro atoms. The first kappa shape index (κ1) is 19.4. The van der Waals surface area contributed by atoms with E-state index in [1.165, 1.54) is 18.5 Å². The SMILES string of the molecule is O=c1ncn(CCc2ccc(Oc3ccc(F)cc3)cc2)cc1Cc1cncnc1. The van der Waals surface area contributed by atoms with Crippen LogP contribution in [0.2, 0.25) is 0 Å². The van der Waals surface area contributed by atoms with Crippen LogP contribution in [0.1, 0.15) is 16.7 Å². The molecule has 0 aliphatic rings. The van der Waals surface area contributed by atoms with Crippen LogP contribution in [-0.4, -0.2) is 19.5 Å². The summed E-state index contributed by atoms with van der Waals surface area (Å²) in [5, 5.41) is 0. The molecule has 2 heterocycles. The van der Waals surface area contributed by atoms with Gasteiger partial charge in [0.05, 0.1) is 6.33 Å². The highest BCUT2D eigenvalue weighted by atomic mass is 19.1. The smallest absolute Gasteiger partial charge is 0.276 e. The second kappa shape index (κ2) is 9.09. The zero-order chi connectivity index (χ0) is 20.8. The Bertz CT molecular complexity index is 1160. The number of aryl methyl sites for hydroxylation is 2. The van der Waals surface area contributed by atoms with Gasteiger partial charge in [0.15, 0.2) is 0 Å². The van der Waals surface area contributed by atoms with Crippen LogP contribution in [0.4, 0.5) is 4.39 Å². The molecule has 0 bridgehead atoms. The second-order valence-electron chi connectivity index (χ2n) is 6.82. The molecule has 4 rings (SSSR count). The zero-order valence-electron chi connectivity index (χ0n) is 16.1. The standard InChI is InChI=1S/C23H19FN4O2/c24-20-3-7-22(8-4-20)30-21-5-1-17(2-6-21)9-10-28-14-19(23(29)27-16-28)11-18-12-25-15-26-13-18/h1-8,12-16H,9-11H2. The summed E-state index contributed by atoms with van der Waals surface area (Å²) in [5.41, 5.74) is 2.36. The summed E-state index contributed by atoms with van der Waals surface area (Å²) in [6.45, 7) is 0.684. The van der Waals surface area contributed by atoms with E-state index in [9.17, 15) is 9.18 Å². The van der Waals surface area contributed by atoms with Gasteiger partial charge in [-0.25, -0.2) is 14.4 Å². The number of nitrogens with zero attached hydrogens (tertiary/aromatic N) is 4. The largest absolute Gasteiger partial charge is 0.457 e. The molecular weight excluding hydrogens is 383 g/mol. The van der Waals surface area contributed by atoms with E-state index >= 15 is 0 Å². The molecule has 0 saturated carbocycles. The van der Waals surface area contributed by atoms with Crippen LogP contribution in [0.25, 0.3) is 0 Å². The minimum Gasteiger partial charge on any atom is -0.457 e. The lowest BCUT2D eigenvalue weighted by atomic mass is 10.1. The molecule has 2 aromatic heterocycles. The fourth-order valence-electron chi connectivity index (χ4n) is 3.00. The van der Waals surface area contributed by atoms with Crippen molar-refractivity contribution in [2.75, 3.05) is 0 Å². The van der Waals surface area contributed by atoms with Gasteiger partial charge in [-0.2, -0.15) is 4.98 Å². The van der Waals surface area contributed by atoms with E-state index in [4.69, 9.17) is 4.74 Å². The van der Waals surface area contributed by atoms with Crippen LogP contribution >= 0.6 is 0 Å². The summed E-state index contributed by atoms with van der Waals surface area (Å²) in [5.74, 6) is 0.970. The molecular formula is C23H19FN4O2. The maximum Gasteiger partial charge on any atom is 0.276 e. The molecule has 0 unspecified atom stereocenters. The molecule has 0 aliphatic carbocycles. The summed E-state index contributed by atoms with van der Waals surface area (Å²) in [6, 6.07) is 13.6. The third-order valence-electron chi connectivity index (χ3n) is 4.56. The lowest BCUT2D eigenvalue weighted by molar-refractivity contribution is 0.480. The quantitative estimate of drug-likeness (QED) is 0.470. The number of ether oxygens (including phenoxy) is 1. The first-order valence-corrected chi connectivity index (χ1v) is 9.47. The lowest BCUT2D eigenvalue weighted by Gasteiger charge is -2.09. The van der Waals surface area contributed by atoms with Gasteiger partial charge < -0.3 is 9.30 Å². The Morgan fingerprint density at radius 2 is 1.57 bits per heavy atom. The number of hydrogen-bond acceptors (Lipinski definition) is 5. The Morgan fingerprint density at radius 3 is 2.27 bits per heavy atom. The van der Waals surface area contributed by atoms with Crippen molar-refractivity contribution in [1.29, 1.82) is 0 Å². The van der Waals surface area contributed by atoms with Crippen molar-refractivity contribution in [3.05, 3.63) is 113 Å². The van der Waals surface area contributed by atoms with E-state index in [0.29, 0.717) is 30.0 Å². The predicted octanol–water partition coefficient (Wildman–Crippen LogP) is 3.80. The van der Waals surface area contributed by atoms with Crippen LogP contribution in [0.3, 0.4) is 0 Å². The van der Waals surface area contributed by atoms with E-state index in [0.717, 1.165) is 17.5 Å². The number of aromatic nitrogens is 4. The second-order valence-corrected chi connectivity index (χ2v) is 6.82. The molecule has 4 aromatic rings. The number of halogens is 1. The minimum atomic E-state index is -0.296. The molecule has 0 fully saturated rings. The number of hydrogen-bond donors (Lipinski definition) is 0. The predicted molar refractivity (Wildman–Crippen MR) is 110 cm³/mol. The van der Waals surface area contributed by atoms with Crippen molar-refractivity contribution in [2.45, 2.75) is 19.4 Å². The van der Waals surface area contributed by atoms with Crippen molar-refractivity contribution in [3.8, 4) is 11.5 Å². The van der Waals surface area contributed by atoms with Crippen LogP contribution in [-0.2, 0) is 19.4 Å². The molecule has 7 heteroatoms. The summed E-state index contributed by atoms with van der Waals surface area (Å²) in [6.07, 6.45) is 9.45. The van der Waals surface area contributed by atoms with Gasteiger partial charge in [-0.15, -0.1) is 0 Å². The van der Waals surface area contributed by atoms with Gasteiger partial charge in [0.1, 0.15) is 23.6 Å². The molecule has 0 N–H and O–H groups in total. The Balaban J connectivity index is 1.38. The number of rotatable bonds is 7. The molecule has 30 heavy (non-hydrogen) atoms. The monoisotopic (exact) mass is 402 g/mol. The first-order valence-electron chi connectivity index (χ1n) is 9.47. The van der Waals surface area contributed by atoms with E-state index in [1.54, 1.807) is 30.9 Å². The van der Waals surface area contributed by atoms with Gasteiger partial charge in [0.25, 0.3) is 5.56 Å². The highest BCUT2D eigenvalue weighted by Crippen LogP contribution is 2.22. The van der Waals surface area contributed by atoms with E-state index < -0.39 is 0 Å². The van der Waals surface area contributed by atoms with Gasteiger partial charge in [-0.3, -0.25) is 4.79 Å². The highest BCUT2D eigenvalue weighted by molar-refractivity contribution is 5.33. The molecule has 0 saturated heterocycles. The van der Waals surface area contributed by atoms with E-state index in [2.05, 4.69) is 15.0 Å². The Labute approximate surface area is 172 Å². The topological polar surface area (TPSA) is 69.9 Å². The zero-order valence-corrected chi connectivity index (χ0v) is 16.1. The Hall–Kier alpha value is -3.87. The molecule has 0 atom stereocenters. The Morgan fingerprint density at radius 1 is 0.900 bits per heavy atom. The van der Waals surface area contributed by atoms with Crippen molar-refractivity contribution in [3.63, 3.8) is 0 Å². The van der Waals surface area contributed by atoms with Gasteiger partial charge in [-0.1, -0.05) is 12.1 Å². The average Bonchev–Trinajstić information content (AvgIpc) is 2.77. The van der Waals surface area contributed by atoms with Crippen molar-refractivity contribution in [2.24, 2.45) is 0 Å². The summed E-state index contributed by atoms with van der Waals surface area (Å²) >= 11 is 0. The van der Waals surface area contributed by atoms with Crippen LogP contribution in [0, 0.1) is 5.82 Å². The summed E-state index contributed by atoms with van der Waals surface area (Å²) < 4.78 is 20.6.